The molecule has 2 aromatic rings. The van der Waals surface area contributed by atoms with Gasteiger partial charge in [0.25, 0.3) is 0 Å². The molecule has 2 aromatic heterocycles. The Morgan fingerprint density at radius 2 is 2.32 bits per heavy atom. The van der Waals surface area contributed by atoms with Gasteiger partial charge in [0.15, 0.2) is 11.5 Å². The molecule has 3 heterocycles. The predicted octanol–water partition coefficient (Wildman–Crippen LogP) is 1.68. The molecule has 1 aliphatic heterocycles. The standard InChI is InChI=1S/C8H7BrFN3.C4H7NO/c1-11-7-4-13-3-5(9)2-6(10)8(13)12-7;6-3-4-1-5-2-4/h2-4,11H,1H3;3-5H,1-2H2. The lowest BCUT2D eigenvalue weighted by Gasteiger charge is -2.20. The predicted molar refractivity (Wildman–Crippen MR) is 74.8 cm³/mol. The molecule has 0 aromatic carbocycles. The Balaban J connectivity index is 0.000000186. The second-order valence-corrected chi connectivity index (χ2v) is 5.08. The van der Waals surface area contributed by atoms with Crippen LogP contribution in [0.15, 0.2) is 22.9 Å². The number of hydrogen-bond donors (Lipinski definition) is 2. The van der Waals surface area contributed by atoms with E-state index >= 15 is 0 Å². The lowest BCUT2D eigenvalue weighted by Crippen LogP contribution is -2.42. The number of nitrogens with zero attached hydrogens (tertiary/aromatic N) is 2. The highest BCUT2D eigenvalue weighted by Crippen LogP contribution is 2.17. The Morgan fingerprint density at radius 3 is 2.79 bits per heavy atom. The zero-order chi connectivity index (χ0) is 13.8. The molecule has 19 heavy (non-hydrogen) atoms. The van der Waals surface area contributed by atoms with Crippen molar-refractivity contribution in [1.29, 1.82) is 0 Å². The van der Waals surface area contributed by atoms with E-state index < -0.39 is 0 Å². The van der Waals surface area contributed by atoms with E-state index in [4.69, 9.17) is 0 Å². The Kier molecular flexibility index (Phi) is 4.49. The summed E-state index contributed by atoms with van der Waals surface area (Å²) in [4.78, 5) is 13.8. The summed E-state index contributed by atoms with van der Waals surface area (Å²) in [5.74, 6) is 0.637. The molecule has 1 aliphatic rings. The normalized spacial score (nSPS) is 14.5. The summed E-state index contributed by atoms with van der Waals surface area (Å²) in [6, 6.07) is 1.39. The lowest BCUT2D eigenvalue weighted by molar-refractivity contribution is -0.112. The molecule has 3 rings (SSSR count). The molecule has 102 valence electrons. The van der Waals surface area contributed by atoms with Crippen molar-refractivity contribution in [3.63, 3.8) is 0 Å². The number of carbonyl (C=O) groups excluding carboxylic acids is 1. The van der Waals surface area contributed by atoms with E-state index in [-0.39, 0.29) is 5.82 Å². The number of anilines is 1. The fraction of sp³-hybridized carbons (Fsp3) is 0.333. The quantitative estimate of drug-likeness (QED) is 0.823. The molecule has 0 spiro atoms. The Hall–Kier alpha value is -1.47. The van der Waals surface area contributed by atoms with Crippen LogP contribution in [-0.2, 0) is 4.79 Å². The third kappa shape index (κ3) is 3.30. The van der Waals surface area contributed by atoms with Gasteiger partial charge in [-0.3, -0.25) is 0 Å². The van der Waals surface area contributed by atoms with Gasteiger partial charge in [-0.1, -0.05) is 0 Å². The minimum Gasteiger partial charge on any atom is -0.372 e. The first kappa shape index (κ1) is 14.0. The van der Waals surface area contributed by atoms with Crippen LogP contribution >= 0.6 is 15.9 Å². The maximum atomic E-state index is 13.3. The van der Waals surface area contributed by atoms with E-state index in [0.29, 0.717) is 21.9 Å². The fourth-order valence-electron chi connectivity index (χ4n) is 1.55. The van der Waals surface area contributed by atoms with Gasteiger partial charge in [0, 0.05) is 36.7 Å². The Morgan fingerprint density at radius 1 is 1.58 bits per heavy atom. The van der Waals surface area contributed by atoms with Gasteiger partial charge in [-0.2, -0.15) is 0 Å². The van der Waals surface area contributed by atoms with Gasteiger partial charge in [-0.15, -0.1) is 0 Å². The molecule has 0 amide bonds. The van der Waals surface area contributed by atoms with Crippen LogP contribution in [0.3, 0.4) is 0 Å². The van der Waals surface area contributed by atoms with Crippen molar-refractivity contribution < 1.29 is 9.18 Å². The lowest BCUT2D eigenvalue weighted by atomic mass is 10.1. The number of aldehydes is 1. The van der Waals surface area contributed by atoms with Crippen molar-refractivity contribution >= 4 is 33.7 Å². The van der Waals surface area contributed by atoms with E-state index in [1.807, 2.05) is 0 Å². The van der Waals surface area contributed by atoms with Gasteiger partial charge in [0.2, 0.25) is 0 Å². The van der Waals surface area contributed by atoms with Gasteiger partial charge in [-0.25, -0.2) is 9.37 Å². The zero-order valence-electron chi connectivity index (χ0n) is 10.4. The Labute approximate surface area is 118 Å². The summed E-state index contributed by atoms with van der Waals surface area (Å²) in [5.41, 5.74) is 0.326. The van der Waals surface area contributed by atoms with Gasteiger partial charge in [-0.05, 0) is 22.0 Å². The van der Waals surface area contributed by atoms with Gasteiger partial charge >= 0.3 is 0 Å². The molecule has 1 fully saturated rings. The van der Waals surface area contributed by atoms with Crippen molar-refractivity contribution in [3.05, 3.63) is 28.7 Å². The molecule has 0 saturated carbocycles. The highest BCUT2D eigenvalue weighted by atomic mass is 79.9. The van der Waals surface area contributed by atoms with Crippen LogP contribution in [0, 0.1) is 11.7 Å². The van der Waals surface area contributed by atoms with Crippen molar-refractivity contribution in [1.82, 2.24) is 14.7 Å². The van der Waals surface area contributed by atoms with Crippen molar-refractivity contribution in [2.75, 3.05) is 25.5 Å². The molecular formula is C12H14BrFN4O. The molecule has 0 radical (unpaired) electrons. The van der Waals surface area contributed by atoms with Crippen LogP contribution in [-0.4, -0.2) is 35.8 Å². The van der Waals surface area contributed by atoms with E-state index in [9.17, 15) is 9.18 Å². The van der Waals surface area contributed by atoms with E-state index in [2.05, 4.69) is 31.5 Å². The number of halogens is 2. The summed E-state index contributed by atoms with van der Waals surface area (Å²) in [7, 11) is 1.74. The average Bonchev–Trinajstić information content (AvgIpc) is 2.71. The molecular weight excluding hydrogens is 315 g/mol. The maximum absolute atomic E-state index is 13.3. The molecule has 0 atom stereocenters. The molecule has 7 heteroatoms. The molecule has 0 bridgehead atoms. The number of nitrogens with one attached hydrogen (secondary N) is 2. The first-order valence-corrected chi connectivity index (χ1v) is 6.61. The van der Waals surface area contributed by atoms with Crippen molar-refractivity contribution in [2.24, 2.45) is 5.92 Å². The smallest absolute Gasteiger partial charge is 0.175 e. The molecule has 0 aliphatic carbocycles. The second kappa shape index (κ2) is 6.12. The van der Waals surface area contributed by atoms with Crippen LogP contribution in [0.25, 0.3) is 5.65 Å². The summed E-state index contributed by atoms with van der Waals surface area (Å²) in [5, 5.41) is 5.83. The molecule has 2 N–H and O–H groups in total. The summed E-state index contributed by atoms with van der Waals surface area (Å²) in [6.07, 6.45) is 4.48. The van der Waals surface area contributed by atoms with Gasteiger partial charge < -0.3 is 19.8 Å². The average molecular weight is 329 g/mol. The molecule has 0 unspecified atom stereocenters. The monoisotopic (exact) mass is 328 g/mol. The first-order chi connectivity index (χ1) is 9.13. The maximum Gasteiger partial charge on any atom is 0.175 e. The summed E-state index contributed by atoms with van der Waals surface area (Å²) in [6.45, 7) is 1.78. The highest BCUT2D eigenvalue weighted by molar-refractivity contribution is 9.10. The van der Waals surface area contributed by atoms with Crippen LogP contribution in [0.2, 0.25) is 0 Å². The van der Waals surface area contributed by atoms with Gasteiger partial charge in [0.05, 0.1) is 6.20 Å². The second-order valence-electron chi connectivity index (χ2n) is 4.17. The SMILES string of the molecule is CNc1cn2cc(Br)cc(F)c2n1.O=CC1CNC1. The molecule has 1 saturated heterocycles. The minimum atomic E-state index is -0.337. The number of imidazole rings is 1. The third-order valence-corrected chi connectivity index (χ3v) is 3.17. The van der Waals surface area contributed by atoms with Crippen LogP contribution in [0.4, 0.5) is 10.2 Å². The number of carbonyl (C=O) groups is 1. The van der Waals surface area contributed by atoms with Crippen LogP contribution in [0.5, 0.6) is 0 Å². The number of aromatic nitrogens is 2. The fourth-order valence-corrected chi connectivity index (χ4v) is 1.97. The highest BCUT2D eigenvalue weighted by Gasteiger charge is 2.13. The summed E-state index contributed by atoms with van der Waals surface area (Å²) < 4.78 is 15.6. The number of pyridine rings is 1. The first-order valence-electron chi connectivity index (χ1n) is 5.81. The zero-order valence-corrected chi connectivity index (χ0v) is 11.9. The molecule has 5 nitrogen and oxygen atoms in total. The van der Waals surface area contributed by atoms with E-state index in [0.717, 1.165) is 19.4 Å². The topological polar surface area (TPSA) is 58.4 Å². The van der Waals surface area contributed by atoms with Crippen LogP contribution in [0.1, 0.15) is 0 Å². The minimum absolute atomic E-state index is 0.324. The van der Waals surface area contributed by atoms with Crippen molar-refractivity contribution in [2.45, 2.75) is 0 Å². The Bertz CT molecular complexity index is 582. The third-order valence-electron chi connectivity index (χ3n) is 2.73. The van der Waals surface area contributed by atoms with Crippen molar-refractivity contribution in [3.8, 4) is 0 Å². The summed E-state index contributed by atoms with van der Waals surface area (Å²) >= 11 is 3.21. The van der Waals surface area contributed by atoms with E-state index in [1.165, 1.54) is 6.07 Å². The van der Waals surface area contributed by atoms with Crippen LogP contribution < -0.4 is 10.6 Å². The van der Waals surface area contributed by atoms with E-state index in [1.54, 1.807) is 23.8 Å². The largest absolute Gasteiger partial charge is 0.372 e. The number of hydrogen-bond acceptors (Lipinski definition) is 4. The number of rotatable bonds is 2. The van der Waals surface area contributed by atoms with Gasteiger partial charge in [0.1, 0.15) is 12.1 Å². The number of fused-ring (bicyclic) bond motifs is 1.